The summed E-state index contributed by atoms with van der Waals surface area (Å²) in [6.45, 7) is 0. The lowest BCUT2D eigenvalue weighted by atomic mass is 10.1. The smallest absolute Gasteiger partial charge is 0.259 e. The lowest BCUT2D eigenvalue weighted by molar-refractivity contribution is 0.101. The standard InChI is InChI=1S/C23H21ClN2O5/c1-29-19-10-9-15(24)11-16(19)23(28)26-18-13-20(30-2)17(12-21(18)31-3)25-22(27)14-7-5-4-6-8-14/h4-13H,1-3H3,(H,25,27)(H,26,28). The fraction of sp³-hybridized carbons (Fsp3) is 0.130. The highest BCUT2D eigenvalue weighted by Gasteiger charge is 2.19. The molecule has 0 aliphatic rings. The summed E-state index contributed by atoms with van der Waals surface area (Å²) in [5, 5.41) is 5.97. The molecule has 7 nitrogen and oxygen atoms in total. The van der Waals surface area contributed by atoms with Gasteiger partial charge in [0.1, 0.15) is 17.2 Å². The second kappa shape index (κ2) is 9.86. The first-order valence-corrected chi connectivity index (χ1v) is 9.62. The molecule has 0 bridgehead atoms. The normalized spacial score (nSPS) is 10.2. The molecule has 0 saturated heterocycles. The van der Waals surface area contributed by atoms with Gasteiger partial charge in [-0.05, 0) is 30.3 Å². The van der Waals surface area contributed by atoms with E-state index < -0.39 is 5.91 Å². The van der Waals surface area contributed by atoms with Crippen LogP contribution in [-0.2, 0) is 0 Å². The number of carbonyl (C=O) groups excluding carboxylic acids is 2. The predicted octanol–water partition coefficient (Wildman–Crippen LogP) is 4.87. The summed E-state index contributed by atoms with van der Waals surface area (Å²) in [4.78, 5) is 25.4. The van der Waals surface area contributed by atoms with Crippen molar-refractivity contribution in [2.75, 3.05) is 32.0 Å². The number of anilines is 2. The Hall–Kier alpha value is -3.71. The van der Waals surface area contributed by atoms with Crippen molar-refractivity contribution < 1.29 is 23.8 Å². The zero-order valence-electron chi connectivity index (χ0n) is 17.2. The molecular weight excluding hydrogens is 420 g/mol. The van der Waals surface area contributed by atoms with Gasteiger partial charge >= 0.3 is 0 Å². The number of halogens is 1. The lowest BCUT2D eigenvalue weighted by Gasteiger charge is -2.17. The quantitative estimate of drug-likeness (QED) is 0.547. The zero-order valence-corrected chi connectivity index (χ0v) is 17.9. The van der Waals surface area contributed by atoms with Gasteiger partial charge in [0.15, 0.2) is 0 Å². The summed E-state index contributed by atoms with van der Waals surface area (Å²) >= 11 is 6.03. The van der Waals surface area contributed by atoms with Gasteiger partial charge in [-0.15, -0.1) is 0 Å². The fourth-order valence-corrected chi connectivity index (χ4v) is 3.10. The highest BCUT2D eigenvalue weighted by atomic mass is 35.5. The topological polar surface area (TPSA) is 85.9 Å². The fourth-order valence-electron chi connectivity index (χ4n) is 2.92. The second-order valence-corrected chi connectivity index (χ2v) is 6.81. The molecule has 2 amide bonds. The Morgan fingerprint density at radius 1 is 0.710 bits per heavy atom. The number of ether oxygens (including phenoxy) is 3. The Kier molecular flexibility index (Phi) is 6.99. The molecule has 0 aromatic heterocycles. The number of hydrogen-bond donors (Lipinski definition) is 2. The Balaban J connectivity index is 1.91. The molecule has 3 rings (SSSR count). The van der Waals surface area contributed by atoms with Gasteiger partial charge in [-0.2, -0.15) is 0 Å². The van der Waals surface area contributed by atoms with E-state index in [0.717, 1.165) is 0 Å². The average molecular weight is 441 g/mol. The minimum Gasteiger partial charge on any atom is -0.496 e. The Bertz CT molecular complexity index is 1100. The minimum atomic E-state index is -0.444. The van der Waals surface area contributed by atoms with Crippen molar-refractivity contribution in [3.8, 4) is 17.2 Å². The van der Waals surface area contributed by atoms with Crippen LogP contribution >= 0.6 is 11.6 Å². The molecule has 3 aromatic carbocycles. The zero-order chi connectivity index (χ0) is 22.4. The third-order valence-corrected chi connectivity index (χ3v) is 4.70. The molecule has 0 aliphatic carbocycles. The molecule has 0 saturated carbocycles. The van der Waals surface area contributed by atoms with Gasteiger partial charge in [0, 0.05) is 22.7 Å². The highest BCUT2D eigenvalue weighted by molar-refractivity contribution is 6.31. The van der Waals surface area contributed by atoms with Gasteiger partial charge in [0.2, 0.25) is 0 Å². The van der Waals surface area contributed by atoms with E-state index in [2.05, 4.69) is 10.6 Å². The van der Waals surface area contributed by atoms with Crippen molar-refractivity contribution in [1.82, 2.24) is 0 Å². The predicted molar refractivity (Wildman–Crippen MR) is 120 cm³/mol. The van der Waals surface area contributed by atoms with Gasteiger partial charge in [0.05, 0.1) is 38.3 Å². The van der Waals surface area contributed by atoms with Gasteiger partial charge in [-0.25, -0.2) is 0 Å². The number of hydrogen-bond acceptors (Lipinski definition) is 5. The number of nitrogens with one attached hydrogen (secondary N) is 2. The summed E-state index contributed by atoms with van der Waals surface area (Å²) in [6.07, 6.45) is 0. The molecule has 0 unspecified atom stereocenters. The molecule has 0 atom stereocenters. The van der Waals surface area contributed by atoms with Gasteiger partial charge < -0.3 is 24.8 Å². The number of methoxy groups -OCH3 is 3. The molecule has 0 radical (unpaired) electrons. The van der Waals surface area contributed by atoms with Crippen LogP contribution in [0, 0.1) is 0 Å². The molecule has 2 N–H and O–H groups in total. The van der Waals surface area contributed by atoms with E-state index in [1.807, 2.05) is 6.07 Å². The first-order chi connectivity index (χ1) is 15.0. The first kappa shape index (κ1) is 22.0. The van der Waals surface area contributed by atoms with Crippen LogP contribution in [0.4, 0.5) is 11.4 Å². The van der Waals surface area contributed by atoms with E-state index in [-0.39, 0.29) is 11.5 Å². The monoisotopic (exact) mass is 440 g/mol. The van der Waals surface area contributed by atoms with Gasteiger partial charge in [-0.1, -0.05) is 29.8 Å². The maximum absolute atomic E-state index is 12.8. The van der Waals surface area contributed by atoms with E-state index in [9.17, 15) is 9.59 Å². The summed E-state index contributed by atoms with van der Waals surface area (Å²) < 4.78 is 16.1. The molecule has 160 valence electrons. The number of carbonyl (C=O) groups is 2. The molecule has 3 aromatic rings. The van der Waals surface area contributed by atoms with Crippen molar-refractivity contribution >= 4 is 34.8 Å². The van der Waals surface area contributed by atoms with Crippen molar-refractivity contribution in [2.45, 2.75) is 0 Å². The SMILES string of the molecule is COc1cc(NC(=O)c2cc(Cl)ccc2OC)c(OC)cc1NC(=O)c1ccccc1. The molecule has 0 aliphatic heterocycles. The van der Waals surface area contributed by atoms with Crippen LogP contribution in [0.15, 0.2) is 60.7 Å². The number of amides is 2. The Morgan fingerprint density at radius 2 is 1.26 bits per heavy atom. The molecular formula is C23H21ClN2O5. The molecule has 8 heteroatoms. The van der Waals surface area contributed by atoms with Crippen LogP contribution in [0.5, 0.6) is 17.2 Å². The van der Waals surface area contributed by atoms with Crippen LogP contribution in [0.3, 0.4) is 0 Å². The summed E-state index contributed by atoms with van der Waals surface area (Å²) in [5.74, 6) is 0.304. The van der Waals surface area contributed by atoms with Crippen LogP contribution in [-0.4, -0.2) is 33.1 Å². The van der Waals surface area contributed by atoms with Crippen molar-refractivity contribution in [3.63, 3.8) is 0 Å². The molecule has 0 spiro atoms. The van der Waals surface area contributed by atoms with Crippen LogP contribution < -0.4 is 24.8 Å². The maximum Gasteiger partial charge on any atom is 0.259 e. The first-order valence-electron chi connectivity index (χ1n) is 9.24. The molecule has 0 heterocycles. The second-order valence-electron chi connectivity index (χ2n) is 6.37. The number of rotatable bonds is 7. The van der Waals surface area contributed by atoms with Crippen molar-refractivity contribution in [2.24, 2.45) is 0 Å². The van der Waals surface area contributed by atoms with Crippen molar-refractivity contribution in [1.29, 1.82) is 0 Å². The van der Waals surface area contributed by atoms with Gasteiger partial charge in [0.25, 0.3) is 11.8 Å². The van der Waals surface area contributed by atoms with Crippen LogP contribution in [0.2, 0.25) is 5.02 Å². The van der Waals surface area contributed by atoms with E-state index in [4.69, 9.17) is 25.8 Å². The maximum atomic E-state index is 12.8. The Morgan fingerprint density at radius 3 is 1.81 bits per heavy atom. The van der Waals surface area contributed by atoms with Gasteiger partial charge in [-0.3, -0.25) is 9.59 Å². The third-order valence-electron chi connectivity index (χ3n) is 4.46. The van der Waals surface area contributed by atoms with E-state index in [0.29, 0.717) is 39.2 Å². The van der Waals surface area contributed by atoms with E-state index >= 15 is 0 Å². The summed E-state index contributed by atoms with van der Waals surface area (Å²) in [5.41, 5.74) is 1.50. The lowest BCUT2D eigenvalue weighted by Crippen LogP contribution is -2.15. The van der Waals surface area contributed by atoms with E-state index in [1.54, 1.807) is 48.5 Å². The molecule has 0 fully saturated rings. The van der Waals surface area contributed by atoms with Crippen LogP contribution in [0.25, 0.3) is 0 Å². The Labute approximate surface area is 184 Å². The summed E-state index contributed by atoms with van der Waals surface area (Å²) in [6, 6.07) is 16.7. The molecule has 31 heavy (non-hydrogen) atoms. The third kappa shape index (κ3) is 5.07. The minimum absolute atomic E-state index is 0.262. The summed E-state index contributed by atoms with van der Waals surface area (Å²) in [7, 11) is 4.39. The highest BCUT2D eigenvalue weighted by Crippen LogP contribution is 2.37. The average Bonchev–Trinajstić information content (AvgIpc) is 2.80. The number of benzene rings is 3. The van der Waals surface area contributed by atoms with Crippen molar-refractivity contribution in [3.05, 3.63) is 76.8 Å². The van der Waals surface area contributed by atoms with Crippen LogP contribution in [0.1, 0.15) is 20.7 Å². The largest absolute Gasteiger partial charge is 0.496 e. The van der Waals surface area contributed by atoms with E-state index in [1.165, 1.54) is 27.4 Å².